The van der Waals surface area contributed by atoms with Crippen LogP contribution in [0.15, 0.2) is 11.4 Å². The molecule has 0 spiro atoms. The van der Waals surface area contributed by atoms with Crippen molar-refractivity contribution >= 4 is 38.9 Å². The second-order valence-corrected chi connectivity index (χ2v) is 7.28. The van der Waals surface area contributed by atoms with Crippen LogP contribution < -0.4 is 0 Å². The summed E-state index contributed by atoms with van der Waals surface area (Å²) in [5.41, 5.74) is 1.43. The number of hydrogen-bond donors (Lipinski definition) is 0. The molecule has 0 radical (unpaired) electrons. The van der Waals surface area contributed by atoms with E-state index in [0.29, 0.717) is 0 Å². The van der Waals surface area contributed by atoms with Crippen LogP contribution in [0, 0.1) is 5.92 Å². The van der Waals surface area contributed by atoms with Gasteiger partial charge in [-0.2, -0.15) is 0 Å². The number of rotatable bonds is 2. The van der Waals surface area contributed by atoms with Gasteiger partial charge in [0.1, 0.15) is 0 Å². The van der Waals surface area contributed by atoms with Crippen LogP contribution in [0.1, 0.15) is 37.7 Å². The second kappa shape index (κ2) is 5.70. The zero-order chi connectivity index (χ0) is 10.7. The van der Waals surface area contributed by atoms with Crippen molar-refractivity contribution in [2.75, 3.05) is 0 Å². The molecule has 3 heteroatoms. The highest BCUT2D eigenvalue weighted by Crippen LogP contribution is 2.31. The van der Waals surface area contributed by atoms with Crippen LogP contribution in [0.25, 0.3) is 0 Å². The lowest BCUT2D eigenvalue weighted by atomic mass is 9.94. The molecule has 0 N–H and O–H groups in total. The van der Waals surface area contributed by atoms with Gasteiger partial charge >= 0.3 is 0 Å². The van der Waals surface area contributed by atoms with Gasteiger partial charge in [0.15, 0.2) is 0 Å². The Morgan fingerprint density at radius 2 is 2.20 bits per heavy atom. The molecule has 0 bridgehead atoms. The first-order valence-corrected chi connectivity index (χ1v) is 7.78. The van der Waals surface area contributed by atoms with Gasteiger partial charge in [-0.25, -0.2) is 0 Å². The van der Waals surface area contributed by atoms with Gasteiger partial charge in [0.25, 0.3) is 0 Å². The van der Waals surface area contributed by atoms with Crippen molar-refractivity contribution in [3.05, 3.63) is 21.3 Å². The van der Waals surface area contributed by atoms with Crippen molar-refractivity contribution in [1.29, 1.82) is 0 Å². The fourth-order valence-electron chi connectivity index (χ4n) is 2.37. The fourth-order valence-corrected chi connectivity index (χ4v) is 4.14. The summed E-state index contributed by atoms with van der Waals surface area (Å²) in [6.45, 7) is 0. The lowest BCUT2D eigenvalue weighted by Crippen LogP contribution is -2.07. The van der Waals surface area contributed by atoms with Gasteiger partial charge in [-0.15, -0.1) is 11.3 Å². The summed E-state index contributed by atoms with van der Waals surface area (Å²) in [6, 6.07) is 2.13. The topological polar surface area (TPSA) is 0 Å². The highest BCUT2D eigenvalue weighted by molar-refractivity contribution is 9.09. The zero-order valence-corrected chi connectivity index (χ0v) is 11.9. The molecule has 1 heterocycles. The summed E-state index contributed by atoms with van der Waals surface area (Å²) in [7, 11) is 0. The summed E-state index contributed by atoms with van der Waals surface area (Å²) in [5.74, 6) is 0.850. The SMILES string of the molecule is Clc1cc(CC2CCCCC(Br)C2)cs1. The summed E-state index contributed by atoms with van der Waals surface area (Å²) in [5, 5.41) is 2.20. The second-order valence-electron chi connectivity index (χ2n) is 4.45. The largest absolute Gasteiger partial charge is 0.132 e. The van der Waals surface area contributed by atoms with Crippen molar-refractivity contribution in [1.82, 2.24) is 0 Å². The Kier molecular flexibility index (Phi) is 4.53. The van der Waals surface area contributed by atoms with Crippen LogP contribution in [0.5, 0.6) is 0 Å². The maximum Gasteiger partial charge on any atom is 0.0931 e. The van der Waals surface area contributed by atoms with Crippen molar-refractivity contribution in [3.63, 3.8) is 0 Å². The Morgan fingerprint density at radius 1 is 1.40 bits per heavy atom. The van der Waals surface area contributed by atoms with Gasteiger partial charge in [-0.1, -0.05) is 46.8 Å². The van der Waals surface area contributed by atoms with Crippen molar-refractivity contribution < 1.29 is 0 Å². The number of hydrogen-bond acceptors (Lipinski definition) is 1. The van der Waals surface area contributed by atoms with Crippen molar-refractivity contribution in [2.45, 2.75) is 43.4 Å². The molecule has 0 aliphatic heterocycles. The van der Waals surface area contributed by atoms with E-state index in [2.05, 4.69) is 27.4 Å². The minimum atomic E-state index is 0.735. The minimum absolute atomic E-state index is 0.735. The summed E-state index contributed by atoms with van der Waals surface area (Å²) < 4.78 is 0.925. The molecule has 1 aliphatic rings. The first-order valence-electron chi connectivity index (χ1n) is 5.61. The maximum absolute atomic E-state index is 5.95. The Labute approximate surface area is 109 Å². The molecule has 1 aromatic rings. The van der Waals surface area contributed by atoms with E-state index in [9.17, 15) is 0 Å². The quantitative estimate of drug-likeness (QED) is 0.514. The molecule has 2 unspecified atom stereocenters. The summed E-state index contributed by atoms with van der Waals surface area (Å²) >= 11 is 11.4. The van der Waals surface area contributed by atoms with Gasteiger partial charge in [0, 0.05) is 4.83 Å². The molecule has 0 saturated heterocycles. The molecule has 2 atom stereocenters. The van der Waals surface area contributed by atoms with Crippen LogP contribution in [0.4, 0.5) is 0 Å². The molecular formula is C12H16BrClS. The van der Waals surface area contributed by atoms with E-state index in [1.165, 1.54) is 44.1 Å². The molecule has 0 amide bonds. The van der Waals surface area contributed by atoms with Gasteiger partial charge in [-0.3, -0.25) is 0 Å². The van der Waals surface area contributed by atoms with Gasteiger partial charge in [0.2, 0.25) is 0 Å². The third-order valence-corrected chi connectivity index (χ3v) is 5.09. The van der Waals surface area contributed by atoms with Crippen LogP contribution in [0.3, 0.4) is 0 Å². The molecule has 1 saturated carbocycles. The first kappa shape index (κ1) is 11.9. The third kappa shape index (κ3) is 3.76. The lowest BCUT2D eigenvalue weighted by molar-refractivity contribution is 0.464. The van der Waals surface area contributed by atoms with Crippen LogP contribution in [-0.2, 0) is 6.42 Å². The average molecular weight is 308 g/mol. The van der Waals surface area contributed by atoms with Crippen molar-refractivity contribution in [3.8, 4) is 0 Å². The van der Waals surface area contributed by atoms with E-state index in [4.69, 9.17) is 11.6 Å². The molecule has 0 nitrogen and oxygen atoms in total. The van der Waals surface area contributed by atoms with Crippen LogP contribution >= 0.6 is 38.9 Å². The minimum Gasteiger partial charge on any atom is -0.132 e. The van der Waals surface area contributed by atoms with E-state index in [-0.39, 0.29) is 0 Å². The molecule has 0 aromatic carbocycles. The van der Waals surface area contributed by atoms with E-state index in [1.54, 1.807) is 11.3 Å². The summed E-state index contributed by atoms with van der Waals surface area (Å²) in [6.07, 6.45) is 8.05. The molecule has 1 aliphatic carbocycles. The fraction of sp³-hybridized carbons (Fsp3) is 0.667. The molecular weight excluding hydrogens is 292 g/mol. The predicted molar refractivity (Wildman–Crippen MR) is 72.3 cm³/mol. The standard InChI is InChI=1S/C12H16BrClS/c13-11-4-2-1-3-9(6-11)5-10-7-12(14)15-8-10/h7-9,11H,1-6H2. The molecule has 1 fully saturated rings. The molecule has 1 aromatic heterocycles. The summed E-state index contributed by atoms with van der Waals surface area (Å²) in [4.78, 5) is 0.735. The predicted octanol–water partition coefficient (Wildman–Crippen LogP) is 5.29. The normalized spacial score (nSPS) is 27.6. The Hall–Kier alpha value is 0.470. The van der Waals surface area contributed by atoms with E-state index in [1.807, 2.05) is 0 Å². The molecule has 15 heavy (non-hydrogen) atoms. The lowest BCUT2D eigenvalue weighted by Gasteiger charge is -2.15. The van der Waals surface area contributed by atoms with Gasteiger partial charge < -0.3 is 0 Å². The van der Waals surface area contributed by atoms with E-state index >= 15 is 0 Å². The number of thiophene rings is 1. The van der Waals surface area contributed by atoms with E-state index in [0.717, 1.165) is 15.1 Å². The Morgan fingerprint density at radius 3 is 2.93 bits per heavy atom. The first-order chi connectivity index (χ1) is 7.24. The smallest absolute Gasteiger partial charge is 0.0931 e. The van der Waals surface area contributed by atoms with E-state index < -0.39 is 0 Å². The van der Waals surface area contributed by atoms with Crippen molar-refractivity contribution in [2.24, 2.45) is 5.92 Å². The highest BCUT2D eigenvalue weighted by atomic mass is 79.9. The highest BCUT2D eigenvalue weighted by Gasteiger charge is 2.18. The molecule has 84 valence electrons. The number of alkyl halides is 1. The van der Waals surface area contributed by atoms with Crippen LogP contribution in [-0.4, -0.2) is 4.83 Å². The molecule has 2 rings (SSSR count). The third-order valence-electron chi connectivity index (χ3n) is 3.11. The van der Waals surface area contributed by atoms with Crippen LogP contribution in [0.2, 0.25) is 4.34 Å². The van der Waals surface area contributed by atoms with Gasteiger partial charge in [0.05, 0.1) is 4.34 Å². The monoisotopic (exact) mass is 306 g/mol. The number of halogens is 2. The Balaban J connectivity index is 1.92. The zero-order valence-electron chi connectivity index (χ0n) is 8.72. The maximum atomic E-state index is 5.95. The Bertz CT molecular complexity index is 310. The average Bonchev–Trinajstić information content (AvgIpc) is 2.46. The van der Waals surface area contributed by atoms with Gasteiger partial charge in [-0.05, 0) is 42.2 Å².